The van der Waals surface area contributed by atoms with E-state index in [0.717, 1.165) is 5.82 Å². The molecule has 1 aromatic heterocycles. The van der Waals surface area contributed by atoms with E-state index in [9.17, 15) is 26.4 Å². The molecule has 1 N–H and O–H groups in total. The highest BCUT2D eigenvalue weighted by atomic mass is 32.2. The van der Waals surface area contributed by atoms with Crippen LogP contribution >= 0.6 is 0 Å². The monoisotopic (exact) mass is 522 g/mol. The van der Waals surface area contributed by atoms with Crippen molar-refractivity contribution in [1.29, 1.82) is 0 Å². The summed E-state index contributed by atoms with van der Waals surface area (Å²) in [4.78, 5) is 30.4. The molecule has 0 aromatic carbocycles. The number of alkyl halides is 3. The maximum atomic E-state index is 13.3. The van der Waals surface area contributed by atoms with Crippen LogP contribution in [0.3, 0.4) is 0 Å². The molecule has 2 aliphatic rings. The number of nitrogens with zero attached hydrogens (tertiary/aromatic N) is 4. The Morgan fingerprint density at radius 3 is 2.37 bits per heavy atom. The molecule has 9 nitrogen and oxygen atoms in total. The summed E-state index contributed by atoms with van der Waals surface area (Å²) in [5.41, 5.74) is -0.566. The van der Waals surface area contributed by atoms with E-state index in [0.29, 0.717) is 39.0 Å². The highest BCUT2D eigenvalue weighted by Gasteiger charge is 2.54. The van der Waals surface area contributed by atoms with Crippen molar-refractivity contribution in [2.75, 3.05) is 50.9 Å². The summed E-state index contributed by atoms with van der Waals surface area (Å²) in [5.74, 6) is -1.63. The van der Waals surface area contributed by atoms with Crippen LogP contribution in [0.2, 0.25) is 0 Å². The first-order valence-corrected chi connectivity index (χ1v) is 12.9. The number of sulfonamides is 1. The molecule has 2 saturated heterocycles. The molecule has 2 fully saturated rings. The van der Waals surface area contributed by atoms with E-state index in [1.807, 2.05) is 32.0 Å². The minimum atomic E-state index is -5.08. The molecule has 2 atom stereocenters. The molecule has 0 saturated carbocycles. The zero-order valence-corrected chi connectivity index (χ0v) is 21.1. The summed E-state index contributed by atoms with van der Waals surface area (Å²) in [7, 11) is 0.250. The Bertz CT molecular complexity index is 989. The topological polar surface area (TPSA) is 111 Å². The van der Waals surface area contributed by atoms with Crippen LogP contribution in [0.4, 0.5) is 19.0 Å². The average molecular weight is 523 g/mol. The molecule has 13 heteroatoms. The van der Waals surface area contributed by atoms with E-state index in [2.05, 4.69) is 9.88 Å². The number of aromatic nitrogens is 1. The number of halogens is 3. The second-order valence-electron chi connectivity index (χ2n) is 9.56. The fourth-order valence-electron chi connectivity index (χ4n) is 4.69. The smallest absolute Gasteiger partial charge is 0.475 e. The molecule has 1 aromatic rings. The third kappa shape index (κ3) is 7.06. The van der Waals surface area contributed by atoms with Gasteiger partial charge in [0, 0.05) is 52.4 Å². The van der Waals surface area contributed by atoms with Crippen molar-refractivity contribution in [2.24, 2.45) is 17.3 Å². The SMILES string of the molecule is CC(C)CS(=O)(=O)N1CCC[C@]2(C(=O)N(C)C)CN(c3ccccn3)C[C@@H]2C1.O=C(O)C(F)(F)F. The number of pyridine rings is 1. The number of anilines is 1. The number of fused-ring (bicyclic) bond motifs is 1. The lowest BCUT2D eigenvalue weighted by Gasteiger charge is -2.34. The molecule has 0 unspecified atom stereocenters. The minimum Gasteiger partial charge on any atom is -0.475 e. The Morgan fingerprint density at radius 1 is 1.26 bits per heavy atom. The Kier molecular flexibility index (Phi) is 9.15. The molecule has 0 aliphatic carbocycles. The average Bonchev–Trinajstić information content (AvgIpc) is 3.01. The van der Waals surface area contributed by atoms with Gasteiger partial charge in [0.15, 0.2) is 0 Å². The Hall–Kier alpha value is -2.41. The second kappa shape index (κ2) is 11.1. The number of carbonyl (C=O) groups is 2. The van der Waals surface area contributed by atoms with Gasteiger partial charge in [0.2, 0.25) is 15.9 Å². The van der Waals surface area contributed by atoms with Crippen molar-refractivity contribution >= 4 is 27.7 Å². The quantitative estimate of drug-likeness (QED) is 0.632. The molecule has 198 valence electrons. The largest absolute Gasteiger partial charge is 0.490 e. The number of rotatable bonds is 5. The maximum Gasteiger partial charge on any atom is 0.490 e. The van der Waals surface area contributed by atoms with Crippen molar-refractivity contribution in [3.63, 3.8) is 0 Å². The van der Waals surface area contributed by atoms with Crippen LogP contribution in [-0.2, 0) is 19.6 Å². The zero-order chi connectivity index (χ0) is 26.6. The van der Waals surface area contributed by atoms with Gasteiger partial charge in [-0.1, -0.05) is 19.9 Å². The summed E-state index contributed by atoms with van der Waals surface area (Å²) in [6, 6.07) is 5.77. The van der Waals surface area contributed by atoms with Crippen molar-refractivity contribution in [3.8, 4) is 0 Å². The Balaban J connectivity index is 0.000000540. The van der Waals surface area contributed by atoms with Crippen LogP contribution in [0.5, 0.6) is 0 Å². The van der Waals surface area contributed by atoms with Gasteiger partial charge < -0.3 is 14.9 Å². The lowest BCUT2D eigenvalue weighted by molar-refractivity contribution is -0.192. The maximum absolute atomic E-state index is 13.3. The van der Waals surface area contributed by atoms with E-state index in [1.165, 1.54) is 0 Å². The molecule has 3 heterocycles. The van der Waals surface area contributed by atoms with Crippen molar-refractivity contribution in [1.82, 2.24) is 14.2 Å². The predicted octanol–water partition coefficient (Wildman–Crippen LogP) is 2.31. The summed E-state index contributed by atoms with van der Waals surface area (Å²) < 4.78 is 59.2. The van der Waals surface area contributed by atoms with Crippen molar-refractivity contribution in [2.45, 2.75) is 32.9 Å². The third-order valence-electron chi connectivity index (χ3n) is 6.13. The Labute approximate surface area is 204 Å². The minimum absolute atomic E-state index is 0.0474. The van der Waals surface area contributed by atoms with Gasteiger partial charge in [-0.15, -0.1) is 0 Å². The fourth-order valence-corrected chi connectivity index (χ4v) is 6.56. The normalized spacial score (nSPS) is 23.2. The van der Waals surface area contributed by atoms with Crippen LogP contribution in [-0.4, -0.2) is 91.8 Å². The lowest BCUT2D eigenvalue weighted by Crippen LogP contribution is -2.48. The standard InChI is InChI=1S/C20H32N4O3S.C2HF3O2/c1-16(2)14-28(26,27)24-11-7-9-20(19(25)22(3)4)15-23(12-17(20)13-24)18-8-5-6-10-21-18;3-2(4,5)1(6)7/h5-6,8,10,16-17H,7,9,11-15H2,1-4H3;(H,6,7)/t17-,20+;/m1./s1. The highest BCUT2D eigenvalue weighted by Crippen LogP contribution is 2.45. The van der Waals surface area contributed by atoms with E-state index in [1.54, 1.807) is 29.5 Å². The number of hydrogen-bond donors (Lipinski definition) is 1. The van der Waals surface area contributed by atoms with Gasteiger partial charge in [-0.3, -0.25) is 4.79 Å². The second-order valence-corrected chi connectivity index (χ2v) is 11.6. The van der Waals surface area contributed by atoms with Gasteiger partial charge >= 0.3 is 12.1 Å². The summed E-state index contributed by atoms with van der Waals surface area (Å²) >= 11 is 0. The number of carbonyl (C=O) groups excluding carboxylic acids is 1. The van der Waals surface area contributed by atoms with E-state index in [-0.39, 0.29) is 23.5 Å². The number of hydrogen-bond acceptors (Lipinski definition) is 6. The zero-order valence-electron chi connectivity index (χ0n) is 20.3. The first kappa shape index (κ1) is 28.8. The highest BCUT2D eigenvalue weighted by molar-refractivity contribution is 7.89. The van der Waals surface area contributed by atoms with Crippen molar-refractivity contribution in [3.05, 3.63) is 24.4 Å². The first-order valence-electron chi connectivity index (χ1n) is 11.3. The number of carboxylic acids is 1. The van der Waals surface area contributed by atoms with Crippen molar-refractivity contribution < 1.29 is 36.3 Å². The van der Waals surface area contributed by atoms with Crippen LogP contribution in [0.25, 0.3) is 0 Å². The molecule has 0 spiro atoms. The number of carboxylic acid groups (broad SMARTS) is 1. The van der Waals surface area contributed by atoms with Gasteiger partial charge in [-0.05, 0) is 30.9 Å². The fraction of sp³-hybridized carbons (Fsp3) is 0.682. The molecule has 2 aliphatic heterocycles. The number of amides is 1. The molecular weight excluding hydrogens is 489 g/mol. The van der Waals surface area contributed by atoms with Gasteiger partial charge in [0.05, 0.1) is 11.2 Å². The van der Waals surface area contributed by atoms with Crippen LogP contribution < -0.4 is 4.90 Å². The van der Waals surface area contributed by atoms with Crippen LogP contribution in [0, 0.1) is 17.3 Å². The van der Waals surface area contributed by atoms with Gasteiger partial charge in [0.25, 0.3) is 0 Å². The first-order chi connectivity index (χ1) is 16.1. The molecular formula is C22H33F3N4O5S. The number of aliphatic carboxylic acids is 1. The van der Waals surface area contributed by atoms with E-state index >= 15 is 0 Å². The molecule has 35 heavy (non-hydrogen) atoms. The van der Waals surface area contributed by atoms with Gasteiger partial charge in [0.1, 0.15) is 5.82 Å². The lowest BCUT2D eigenvalue weighted by atomic mass is 9.74. The summed E-state index contributed by atoms with van der Waals surface area (Å²) in [5, 5.41) is 7.12. The van der Waals surface area contributed by atoms with Crippen LogP contribution in [0.1, 0.15) is 26.7 Å². The van der Waals surface area contributed by atoms with Gasteiger partial charge in [-0.2, -0.15) is 13.2 Å². The molecule has 1 amide bonds. The molecule has 0 bridgehead atoms. The van der Waals surface area contributed by atoms with E-state index < -0.39 is 27.6 Å². The molecule has 3 rings (SSSR count). The molecule has 0 radical (unpaired) electrons. The third-order valence-corrected chi connectivity index (χ3v) is 8.34. The van der Waals surface area contributed by atoms with E-state index in [4.69, 9.17) is 9.90 Å². The Morgan fingerprint density at radius 2 is 1.89 bits per heavy atom. The summed E-state index contributed by atoms with van der Waals surface area (Å²) in [6.07, 6.45) is -1.93. The van der Waals surface area contributed by atoms with Gasteiger partial charge in [-0.25, -0.2) is 22.5 Å². The summed E-state index contributed by atoms with van der Waals surface area (Å²) in [6.45, 7) is 5.98. The predicted molar refractivity (Wildman–Crippen MR) is 124 cm³/mol. The van der Waals surface area contributed by atoms with Crippen LogP contribution in [0.15, 0.2) is 24.4 Å².